The first-order chi connectivity index (χ1) is 18.0. The maximum Gasteiger partial charge on any atom is 0.245 e. The van der Waals surface area contributed by atoms with Gasteiger partial charge in [-0.05, 0) is 36.5 Å². The summed E-state index contributed by atoms with van der Waals surface area (Å²) in [6, 6.07) is 15.4. The Morgan fingerprint density at radius 3 is 2.65 bits per heavy atom. The molecule has 0 saturated carbocycles. The van der Waals surface area contributed by atoms with Crippen LogP contribution in [0.1, 0.15) is 46.4 Å². The number of Topliss-reactive ketones (excluding diaryl/α,β-unsaturated/α-hetero) is 1. The van der Waals surface area contributed by atoms with Crippen LogP contribution in [0.5, 0.6) is 0 Å². The van der Waals surface area contributed by atoms with Crippen molar-refractivity contribution in [2.75, 3.05) is 26.8 Å². The van der Waals surface area contributed by atoms with Gasteiger partial charge >= 0.3 is 0 Å². The van der Waals surface area contributed by atoms with E-state index in [1.807, 2.05) is 36.4 Å². The highest BCUT2D eigenvalue weighted by Gasteiger charge is 2.42. The molecule has 2 saturated heterocycles. The van der Waals surface area contributed by atoms with E-state index in [0.717, 1.165) is 47.0 Å². The number of para-hydroxylation sites is 1. The van der Waals surface area contributed by atoms with Crippen LogP contribution in [0.4, 0.5) is 0 Å². The molecule has 3 aromatic rings. The Bertz CT molecular complexity index is 1360. The van der Waals surface area contributed by atoms with Crippen molar-refractivity contribution < 1.29 is 23.9 Å². The van der Waals surface area contributed by atoms with Gasteiger partial charge in [-0.3, -0.25) is 14.4 Å². The van der Waals surface area contributed by atoms with Gasteiger partial charge in [-0.15, -0.1) is 0 Å². The molecule has 3 aliphatic rings. The number of aromatic nitrogens is 1. The van der Waals surface area contributed by atoms with Gasteiger partial charge in [0, 0.05) is 48.8 Å². The normalized spacial score (nSPS) is 21.8. The summed E-state index contributed by atoms with van der Waals surface area (Å²) < 4.78 is 13.5. The van der Waals surface area contributed by atoms with E-state index in [9.17, 15) is 14.4 Å². The topological polar surface area (TPSA) is 81.1 Å². The largest absolute Gasteiger partial charge is 0.353 e. The zero-order valence-corrected chi connectivity index (χ0v) is 21.0. The Hall–Kier alpha value is -3.49. The summed E-state index contributed by atoms with van der Waals surface area (Å²) in [5.74, 6) is -0.0755. The number of carbonyl (C=O) groups excluding carboxylic acids is 3. The molecular weight excluding hydrogens is 470 g/mol. The van der Waals surface area contributed by atoms with E-state index in [1.165, 1.54) is 4.90 Å². The molecule has 8 nitrogen and oxygen atoms in total. The number of benzene rings is 2. The molecule has 4 heterocycles. The van der Waals surface area contributed by atoms with Crippen LogP contribution < -0.4 is 0 Å². The summed E-state index contributed by atoms with van der Waals surface area (Å²) in [5.41, 5.74) is 4.97. The molecule has 0 radical (unpaired) electrons. The third-order valence-electron chi connectivity index (χ3n) is 7.80. The molecule has 2 atom stereocenters. The summed E-state index contributed by atoms with van der Waals surface area (Å²) >= 11 is 0. The monoisotopic (exact) mass is 501 g/mol. The van der Waals surface area contributed by atoms with E-state index in [4.69, 9.17) is 9.47 Å². The highest BCUT2D eigenvalue weighted by atomic mass is 16.7. The van der Waals surface area contributed by atoms with Crippen molar-refractivity contribution in [3.63, 3.8) is 0 Å². The smallest absolute Gasteiger partial charge is 0.245 e. The fourth-order valence-electron chi connectivity index (χ4n) is 5.77. The van der Waals surface area contributed by atoms with Crippen LogP contribution in [0.3, 0.4) is 0 Å². The molecule has 2 amide bonds. The number of amides is 2. The number of ketones is 1. The summed E-state index contributed by atoms with van der Waals surface area (Å²) in [7, 11) is 1.70. The third-order valence-corrected chi connectivity index (χ3v) is 7.80. The fourth-order valence-corrected chi connectivity index (χ4v) is 5.77. The standard InChI is InChI=1S/C29H31N3O5/c1-30-17-27(34)32-16-25-22(14-24(32)29(30)35)21-6-2-3-7-23(21)31(25)15-19-9-11-20(12-10-19)26(33)18-37-28-8-4-5-13-36-28/h2-3,6-7,9-12,24,28H,4-5,8,13-18H2,1H3. The minimum Gasteiger partial charge on any atom is -0.353 e. The molecule has 192 valence electrons. The molecule has 37 heavy (non-hydrogen) atoms. The maximum atomic E-state index is 12.9. The van der Waals surface area contributed by atoms with Crippen LogP contribution in [0.25, 0.3) is 10.9 Å². The van der Waals surface area contributed by atoms with Gasteiger partial charge in [0.2, 0.25) is 11.8 Å². The second-order valence-electron chi connectivity index (χ2n) is 10.2. The van der Waals surface area contributed by atoms with E-state index in [1.54, 1.807) is 11.9 Å². The maximum absolute atomic E-state index is 12.9. The third kappa shape index (κ3) is 4.45. The average molecular weight is 502 g/mol. The fraction of sp³-hybridized carbons (Fsp3) is 0.414. The Morgan fingerprint density at radius 1 is 1.05 bits per heavy atom. The number of hydrogen-bond donors (Lipinski definition) is 0. The van der Waals surface area contributed by atoms with Crippen LogP contribution in [0.15, 0.2) is 48.5 Å². The molecule has 0 spiro atoms. The predicted molar refractivity (Wildman–Crippen MR) is 137 cm³/mol. The molecule has 8 heteroatoms. The van der Waals surface area contributed by atoms with Crippen molar-refractivity contribution in [3.05, 3.63) is 70.9 Å². The first kappa shape index (κ1) is 23.9. The van der Waals surface area contributed by atoms with E-state index in [-0.39, 0.29) is 37.0 Å². The van der Waals surface area contributed by atoms with E-state index < -0.39 is 6.04 Å². The summed E-state index contributed by atoms with van der Waals surface area (Å²) in [4.78, 5) is 41.6. The van der Waals surface area contributed by atoms with Crippen LogP contribution in [0, 0.1) is 0 Å². The second kappa shape index (κ2) is 9.76. The number of nitrogens with zero attached hydrogens (tertiary/aromatic N) is 3. The zero-order chi connectivity index (χ0) is 25.5. The molecule has 0 aliphatic carbocycles. The Balaban J connectivity index is 1.23. The van der Waals surface area contributed by atoms with Crippen LogP contribution in [0.2, 0.25) is 0 Å². The van der Waals surface area contributed by atoms with Crippen LogP contribution >= 0.6 is 0 Å². The SMILES string of the molecule is CN1CC(=O)N2Cc3c(c4ccccc4n3Cc3ccc(C(=O)COC4CCCCO4)cc3)CC2C1=O. The molecule has 2 unspecified atom stereocenters. The Labute approximate surface area is 215 Å². The van der Waals surface area contributed by atoms with Gasteiger partial charge in [-0.1, -0.05) is 42.5 Å². The van der Waals surface area contributed by atoms with Gasteiger partial charge in [0.25, 0.3) is 0 Å². The summed E-state index contributed by atoms with van der Waals surface area (Å²) in [6.07, 6.45) is 3.17. The van der Waals surface area contributed by atoms with E-state index >= 15 is 0 Å². The summed E-state index contributed by atoms with van der Waals surface area (Å²) in [5, 5.41) is 1.12. The summed E-state index contributed by atoms with van der Waals surface area (Å²) in [6.45, 7) is 1.85. The molecule has 3 aliphatic heterocycles. The quantitative estimate of drug-likeness (QED) is 0.485. The number of piperazine rings is 1. The van der Waals surface area contributed by atoms with Crippen molar-refractivity contribution in [2.45, 2.75) is 51.1 Å². The van der Waals surface area contributed by atoms with Crippen molar-refractivity contribution in [1.82, 2.24) is 14.4 Å². The van der Waals surface area contributed by atoms with Gasteiger partial charge in [-0.25, -0.2) is 0 Å². The molecule has 0 N–H and O–H groups in total. The number of likely N-dealkylation sites (N-methyl/N-ethyl adjacent to an activating group) is 1. The van der Waals surface area contributed by atoms with E-state index in [2.05, 4.69) is 16.7 Å². The van der Waals surface area contributed by atoms with Crippen LogP contribution in [-0.2, 0) is 38.6 Å². The minimum absolute atomic E-state index is 0.00126. The minimum atomic E-state index is -0.440. The number of carbonyl (C=O) groups is 3. The van der Waals surface area contributed by atoms with Crippen molar-refractivity contribution in [2.24, 2.45) is 0 Å². The van der Waals surface area contributed by atoms with Gasteiger partial charge in [-0.2, -0.15) is 0 Å². The highest BCUT2D eigenvalue weighted by Crippen LogP contribution is 2.35. The molecule has 1 aromatic heterocycles. The van der Waals surface area contributed by atoms with Crippen molar-refractivity contribution in [1.29, 1.82) is 0 Å². The molecule has 0 bridgehead atoms. The number of ether oxygens (including phenoxy) is 2. The molecular formula is C29H31N3O5. The van der Waals surface area contributed by atoms with Crippen molar-refractivity contribution >= 4 is 28.5 Å². The molecule has 2 fully saturated rings. The first-order valence-electron chi connectivity index (χ1n) is 13.0. The lowest BCUT2D eigenvalue weighted by molar-refractivity contribution is -0.155. The Kier molecular flexibility index (Phi) is 6.30. The lowest BCUT2D eigenvalue weighted by Crippen LogP contribution is -2.60. The molecule has 6 rings (SSSR count). The average Bonchev–Trinajstić information content (AvgIpc) is 3.23. The van der Waals surface area contributed by atoms with Gasteiger partial charge in [0.05, 0.1) is 13.1 Å². The van der Waals surface area contributed by atoms with Crippen LogP contribution in [-0.4, -0.2) is 71.1 Å². The number of rotatable bonds is 6. The van der Waals surface area contributed by atoms with Crippen molar-refractivity contribution in [3.8, 4) is 0 Å². The number of hydrogen-bond acceptors (Lipinski definition) is 5. The second-order valence-corrected chi connectivity index (χ2v) is 10.2. The first-order valence-corrected chi connectivity index (χ1v) is 13.0. The predicted octanol–water partition coefficient (Wildman–Crippen LogP) is 3.14. The lowest BCUT2D eigenvalue weighted by Gasteiger charge is -2.41. The van der Waals surface area contributed by atoms with Gasteiger partial charge < -0.3 is 23.8 Å². The van der Waals surface area contributed by atoms with Gasteiger partial charge in [0.15, 0.2) is 12.1 Å². The molecule has 2 aromatic carbocycles. The lowest BCUT2D eigenvalue weighted by atomic mass is 9.94. The highest BCUT2D eigenvalue weighted by molar-refractivity contribution is 5.97. The Morgan fingerprint density at radius 2 is 1.86 bits per heavy atom. The zero-order valence-electron chi connectivity index (χ0n) is 21.0. The van der Waals surface area contributed by atoms with E-state index in [0.29, 0.717) is 31.7 Å². The number of fused-ring (bicyclic) bond motifs is 4. The van der Waals surface area contributed by atoms with Gasteiger partial charge in [0.1, 0.15) is 12.6 Å².